The molecule has 0 saturated carbocycles. The maximum absolute atomic E-state index is 12.8. The zero-order chi connectivity index (χ0) is 10.0. The quantitative estimate of drug-likeness (QED) is 0.711. The molecular formula is C8H6F3NO. The highest BCUT2D eigenvalue weighted by atomic mass is 19.1. The van der Waals surface area contributed by atoms with Crippen LogP contribution in [0.2, 0.25) is 0 Å². The molecule has 0 radical (unpaired) electrons. The smallest absolute Gasteiger partial charge is 0.182 e. The van der Waals surface area contributed by atoms with Crippen LogP contribution in [0.1, 0.15) is 10.4 Å². The fourth-order valence-corrected chi connectivity index (χ4v) is 0.911. The summed E-state index contributed by atoms with van der Waals surface area (Å²) in [7, 11) is 0. The minimum atomic E-state index is -1.23. The molecule has 0 unspecified atom stereocenters. The normalized spacial score (nSPS) is 10.2. The topological polar surface area (TPSA) is 43.1 Å². The molecule has 1 rings (SSSR count). The fourth-order valence-electron chi connectivity index (χ4n) is 0.911. The Morgan fingerprint density at radius 3 is 2.08 bits per heavy atom. The van der Waals surface area contributed by atoms with Crippen molar-refractivity contribution in [2.24, 2.45) is 5.73 Å². The zero-order valence-corrected chi connectivity index (χ0v) is 6.48. The molecule has 0 spiro atoms. The zero-order valence-electron chi connectivity index (χ0n) is 6.48. The van der Waals surface area contributed by atoms with Gasteiger partial charge in [0.25, 0.3) is 0 Å². The van der Waals surface area contributed by atoms with Crippen molar-refractivity contribution in [1.29, 1.82) is 0 Å². The molecule has 2 N–H and O–H groups in total. The van der Waals surface area contributed by atoms with Gasteiger partial charge >= 0.3 is 0 Å². The third kappa shape index (κ3) is 1.86. The van der Waals surface area contributed by atoms with Gasteiger partial charge in [0.2, 0.25) is 0 Å². The van der Waals surface area contributed by atoms with E-state index in [1.807, 2.05) is 0 Å². The third-order valence-corrected chi connectivity index (χ3v) is 1.47. The van der Waals surface area contributed by atoms with Crippen LogP contribution in [0.4, 0.5) is 13.2 Å². The summed E-state index contributed by atoms with van der Waals surface area (Å²) in [4.78, 5) is 10.8. The monoisotopic (exact) mass is 189 g/mol. The van der Waals surface area contributed by atoms with Crippen molar-refractivity contribution in [3.63, 3.8) is 0 Å². The van der Waals surface area contributed by atoms with Crippen LogP contribution in [0.5, 0.6) is 0 Å². The van der Waals surface area contributed by atoms with Crippen molar-refractivity contribution >= 4 is 5.78 Å². The number of nitrogens with two attached hydrogens (primary N) is 1. The van der Waals surface area contributed by atoms with Crippen molar-refractivity contribution in [3.8, 4) is 0 Å². The van der Waals surface area contributed by atoms with Crippen molar-refractivity contribution in [2.45, 2.75) is 0 Å². The lowest BCUT2D eigenvalue weighted by atomic mass is 10.1. The van der Waals surface area contributed by atoms with Crippen LogP contribution >= 0.6 is 0 Å². The second-order valence-corrected chi connectivity index (χ2v) is 2.37. The van der Waals surface area contributed by atoms with Crippen LogP contribution in [0.15, 0.2) is 12.1 Å². The Kier molecular flexibility index (Phi) is 2.67. The van der Waals surface area contributed by atoms with E-state index in [2.05, 4.69) is 0 Å². The fraction of sp³-hybridized carbons (Fsp3) is 0.125. The second-order valence-electron chi connectivity index (χ2n) is 2.37. The summed E-state index contributed by atoms with van der Waals surface area (Å²) in [6.45, 7) is -0.514. The van der Waals surface area contributed by atoms with E-state index in [1.165, 1.54) is 0 Å². The van der Waals surface area contributed by atoms with E-state index in [0.29, 0.717) is 12.1 Å². The molecule has 1 aromatic carbocycles. The predicted molar refractivity (Wildman–Crippen MR) is 39.7 cm³/mol. The number of benzene rings is 1. The van der Waals surface area contributed by atoms with Gasteiger partial charge in [-0.15, -0.1) is 0 Å². The predicted octanol–water partition coefficient (Wildman–Crippen LogP) is 1.25. The lowest BCUT2D eigenvalue weighted by Gasteiger charge is -2.01. The van der Waals surface area contributed by atoms with Gasteiger partial charge in [-0.25, -0.2) is 13.2 Å². The van der Waals surface area contributed by atoms with Gasteiger partial charge in [-0.2, -0.15) is 0 Å². The first kappa shape index (κ1) is 9.73. The molecule has 0 fully saturated rings. The van der Waals surface area contributed by atoms with Crippen LogP contribution in [0.3, 0.4) is 0 Å². The van der Waals surface area contributed by atoms with Crippen LogP contribution < -0.4 is 5.73 Å². The van der Waals surface area contributed by atoms with Crippen molar-refractivity contribution < 1.29 is 18.0 Å². The second kappa shape index (κ2) is 3.57. The minimum Gasteiger partial charge on any atom is -0.324 e. The molecule has 13 heavy (non-hydrogen) atoms. The van der Waals surface area contributed by atoms with Crippen LogP contribution in [0.25, 0.3) is 0 Å². The van der Waals surface area contributed by atoms with Crippen molar-refractivity contribution in [3.05, 3.63) is 35.1 Å². The summed E-state index contributed by atoms with van der Waals surface area (Å²) in [5.41, 5.74) is 4.12. The van der Waals surface area contributed by atoms with Crippen LogP contribution in [-0.4, -0.2) is 12.3 Å². The lowest BCUT2D eigenvalue weighted by molar-refractivity contribution is 0.0993. The van der Waals surface area contributed by atoms with E-state index in [1.54, 1.807) is 0 Å². The average molecular weight is 189 g/mol. The molecule has 0 aliphatic heterocycles. The number of hydrogen-bond acceptors (Lipinski definition) is 2. The Morgan fingerprint density at radius 1 is 1.23 bits per heavy atom. The lowest BCUT2D eigenvalue weighted by Crippen LogP contribution is -2.17. The van der Waals surface area contributed by atoms with Crippen molar-refractivity contribution in [2.75, 3.05) is 6.54 Å². The van der Waals surface area contributed by atoms with Crippen LogP contribution in [-0.2, 0) is 0 Å². The average Bonchev–Trinajstić information content (AvgIpc) is 2.02. The number of Topliss-reactive ketones (excluding diaryl/α,β-unsaturated/α-hetero) is 1. The van der Waals surface area contributed by atoms with E-state index in [4.69, 9.17) is 5.73 Å². The standard InChI is InChI=1S/C8H6F3NO/c9-4-1-5(10)8(6(11)2-4)7(13)3-12/h1-2H,3,12H2. The number of halogens is 3. The molecule has 0 saturated heterocycles. The van der Waals surface area contributed by atoms with Gasteiger partial charge < -0.3 is 5.73 Å². The van der Waals surface area contributed by atoms with E-state index >= 15 is 0 Å². The highest BCUT2D eigenvalue weighted by molar-refractivity contribution is 5.97. The highest BCUT2D eigenvalue weighted by Gasteiger charge is 2.17. The van der Waals surface area contributed by atoms with Gasteiger partial charge in [-0.1, -0.05) is 0 Å². The van der Waals surface area contributed by atoms with Crippen LogP contribution in [0, 0.1) is 17.5 Å². The molecule has 1 aromatic rings. The number of carbonyl (C=O) groups excluding carboxylic acids is 1. The van der Waals surface area contributed by atoms with Gasteiger partial charge in [-0.05, 0) is 0 Å². The molecule has 5 heteroatoms. The summed E-state index contributed by atoms with van der Waals surface area (Å²) in [6, 6.07) is 0.873. The van der Waals surface area contributed by atoms with Gasteiger partial charge in [0.1, 0.15) is 17.5 Å². The number of rotatable bonds is 2. The first-order chi connectivity index (χ1) is 6.06. The highest BCUT2D eigenvalue weighted by Crippen LogP contribution is 2.14. The Morgan fingerprint density at radius 2 is 1.69 bits per heavy atom. The van der Waals surface area contributed by atoms with E-state index < -0.39 is 35.3 Å². The van der Waals surface area contributed by atoms with Gasteiger partial charge in [0, 0.05) is 12.1 Å². The molecule has 0 aromatic heterocycles. The molecule has 0 aliphatic rings. The molecule has 2 nitrogen and oxygen atoms in total. The largest absolute Gasteiger partial charge is 0.324 e. The van der Waals surface area contributed by atoms with E-state index in [9.17, 15) is 18.0 Å². The van der Waals surface area contributed by atoms with E-state index in [0.717, 1.165) is 0 Å². The molecule has 0 bridgehead atoms. The molecule has 0 atom stereocenters. The Labute approximate surface area is 72.2 Å². The Hall–Kier alpha value is -1.36. The molecular weight excluding hydrogens is 183 g/mol. The van der Waals surface area contributed by atoms with Gasteiger partial charge in [0.05, 0.1) is 12.1 Å². The number of ketones is 1. The Balaban J connectivity index is 3.28. The third-order valence-electron chi connectivity index (χ3n) is 1.47. The summed E-state index contributed by atoms with van der Waals surface area (Å²) in [5.74, 6) is -4.42. The summed E-state index contributed by atoms with van der Waals surface area (Å²) < 4.78 is 37.9. The first-order valence-corrected chi connectivity index (χ1v) is 3.44. The first-order valence-electron chi connectivity index (χ1n) is 3.44. The maximum atomic E-state index is 12.8. The Bertz CT molecular complexity index is 328. The van der Waals surface area contributed by atoms with Gasteiger partial charge in [0.15, 0.2) is 5.78 Å². The molecule has 70 valence electrons. The van der Waals surface area contributed by atoms with Crippen molar-refractivity contribution in [1.82, 2.24) is 0 Å². The summed E-state index contributed by atoms with van der Waals surface area (Å²) >= 11 is 0. The SMILES string of the molecule is NCC(=O)c1c(F)cc(F)cc1F. The number of hydrogen-bond donors (Lipinski definition) is 1. The minimum absolute atomic E-state index is 0.436. The molecule has 0 amide bonds. The molecule has 0 aliphatic carbocycles. The van der Waals surface area contributed by atoms with Gasteiger partial charge in [-0.3, -0.25) is 4.79 Å². The molecule has 0 heterocycles. The number of carbonyl (C=O) groups is 1. The summed E-state index contributed by atoms with van der Waals surface area (Å²) in [5, 5.41) is 0. The van der Waals surface area contributed by atoms with E-state index in [-0.39, 0.29) is 0 Å². The summed E-state index contributed by atoms with van der Waals surface area (Å²) in [6.07, 6.45) is 0. The maximum Gasteiger partial charge on any atom is 0.182 e.